The number of rotatable bonds is 7. The van der Waals surface area contributed by atoms with Crippen molar-refractivity contribution >= 4 is 29.1 Å². The summed E-state index contributed by atoms with van der Waals surface area (Å²) in [6.07, 6.45) is 0. The summed E-state index contributed by atoms with van der Waals surface area (Å²) in [5.74, 6) is -0.106. The first-order chi connectivity index (χ1) is 12.6. The number of hydrogen-bond acceptors (Lipinski definition) is 6. The van der Waals surface area contributed by atoms with E-state index in [0.29, 0.717) is 42.5 Å². The molecule has 1 fully saturated rings. The Bertz CT molecular complexity index is 696. The summed E-state index contributed by atoms with van der Waals surface area (Å²) in [5, 5.41) is 9.14. The molecule has 2 amide bonds. The molecule has 0 spiro atoms. The van der Waals surface area contributed by atoms with E-state index < -0.39 is 0 Å². The molecule has 1 aromatic rings. The van der Waals surface area contributed by atoms with Gasteiger partial charge in [0.05, 0.1) is 30.3 Å². The summed E-state index contributed by atoms with van der Waals surface area (Å²) in [6.45, 7) is 5.98. The van der Waals surface area contributed by atoms with E-state index in [1.165, 1.54) is 16.7 Å². The van der Waals surface area contributed by atoms with Crippen LogP contribution in [0.1, 0.15) is 11.1 Å². The third-order valence-electron chi connectivity index (χ3n) is 4.55. The van der Waals surface area contributed by atoms with Crippen LogP contribution in [0, 0.1) is 6.92 Å². The van der Waals surface area contributed by atoms with Crippen molar-refractivity contribution in [1.29, 1.82) is 0 Å². The molecule has 26 heavy (non-hydrogen) atoms. The van der Waals surface area contributed by atoms with Crippen molar-refractivity contribution in [3.63, 3.8) is 0 Å². The molecule has 0 aliphatic carbocycles. The van der Waals surface area contributed by atoms with E-state index >= 15 is 0 Å². The van der Waals surface area contributed by atoms with Crippen LogP contribution in [0.25, 0.3) is 5.57 Å². The Morgan fingerprint density at radius 1 is 1.08 bits per heavy atom. The third-order valence-corrected chi connectivity index (χ3v) is 5.60. The standard InChI is InChI=1S/C19H24N2O4S/c1-14-2-4-15(5-3-14)16-17(26-13-10-22)19(24)21(18(16)23)7-6-20-8-11-25-12-9-20/h2-5,22H,6-13H2,1H3. The Labute approximate surface area is 157 Å². The lowest BCUT2D eigenvalue weighted by molar-refractivity contribution is -0.136. The monoisotopic (exact) mass is 376 g/mol. The summed E-state index contributed by atoms with van der Waals surface area (Å²) in [6, 6.07) is 7.62. The highest BCUT2D eigenvalue weighted by Gasteiger charge is 2.39. The van der Waals surface area contributed by atoms with Gasteiger partial charge >= 0.3 is 0 Å². The number of aliphatic hydroxyl groups excluding tert-OH is 1. The Balaban J connectivity index is 1.79. The molecule has 0 unspecified atom stereocenters. The van der Waals surface area contributed by atoms with Crippen molar-refractivity contribution in [1.82, 2.24) is 9.80 Å². The van der Waals surface area contributed by atoms with E-state index in [-0.39, 0.29) is 18.4 Å². The zero-order valence-electron chi connectivity index (χ0n) is 14.9. The molecule has 0 saturated carbocycles. The number of aliphatic hydroxyl groups is 1. The number of aryl methyl sites for hydroxylation is 1. The van der Waals surface area contributed by atoms with E-state index in [4.69, 9.17) is 9.84 Å². The molecular formula is C19H24N2O4S. The number of nitrogens with zero attached hydrogens (tertiary/aromatic N) is 2. The number of ether oxygens (including phenoxy) is 1. The topological polar surface area (TPSA) is 70.1 Å². The fraction of sp³-hybridized carbons (Fsp3) is 0.474. The van der Waals surface area contributed by atoms with Crippen LogP contribution in [-0.4, -0.2) is 78.5 Å². The van der Waals surface area contributed by atoms with Crippen LogP contribution < -0.4 is 0 Å². The van der Waals surface area contributed by atoms with Gasteiger partial charge < -0.3 is 9.84 Å². The van der Waals surface area contributed by atoms with Gasteiger partial charge in [0.15, 0.2) is 0 Å². The number of morpholine rings is 1. The lowest BCUT2D eigenvalue weighted by atomic mass is 10.0. The molecule has 1 N–H and O–H groups in total. The quantitative estimate of drug-likeness (QED) is 0.720. The maximum Gasteiger partial charge on any atom is 0.268 e. The van der Waals surface area contributed by atoms with Crippen LogP contribution in [0.3, 0.4) is 0 Å². The first-order valence-electron chi connectivity index (χ1n) is 8.83. The minimum Gasteiger partial charge on any atom is -0.396 e. The molecule has 2 aliphatic rings. The van der Waals surface area contributed by atoms with E-state index in [9.17, 15) is 9.59 Å². The van der Waals surface area contributed by atoms with Gasteiger partial charge in [-0.1, -0.05) is 29.8 Å². The Hall–Kier alpha value is -1.67. The van der Waals surface area contributed by atoms with Gasteiger partial charge in [-0.05, 0) is 12.5 Å². The van der Waals surface area contributed by atoms with E-state index in [2.05, 4.69) is 4.90 Å². The highest BCUT2D eigenvalue weighted by Crippen LogP contribution is 2.35. The molecule has 0 bridgehead atoms. The number of benzene rings is 1. The normalized spacial score (nSPS) is 18.9. The molecule has 3 rings (SSSR count). The van der Waals surface area contributed by atoms with Crippen LogP contribution in [0.4, 0.5) is 0 Å². The number of hydrogen-bond donors (Lipinski definition) is 1. The second-order valence-corrected chi connectivity index (χ2v) is 7.46. The van der Waals surface area contributed by atoms with Crippen molar-refractivity contribution in [2.75, 3.05) is 51.8 Å². The predicted octanol–water partition coefficient (Wildman–Crippen LogP) is 1.13. The maximum atomic E-state index is 13.0. The summed E-state index contributed by atoms with van der Waals surface area (Å²) in [5.41, 5.74) is 2.30. The molecule has 0 aromatic heterocycles. The summed E-state index contributed by atoms with van der Waals surface area (Å²) < 4.78 is 5.34. The Morgan fingerprint density at radius 2 is 1.77 bits per heavy atom. The molecule has 0 atom stereocenters. The van der Waals surface area contributed by atoms with Crippen LogP contribution in [0.2, 0.25) is 0 Å². The summed E-state index contributed by atoms with van der Waals surface area (Å²) in [4.78, 5) is 29.8. The van der Waals surface area contributed by atoms with E-state index in [1.807, 2.05) is 31.2 Å². The Morgan fingerprint density at radius 3 is 2.42 bits per heavy atom. The summed E-state index contributed by atoms with van der Waals surface area (Å²) >= 11 is 1.25. The second kappa shape index (κ2) is 8.81. The SMILES string of the molecule is Cc1ccc(C2=C(SCCO)C(=O)N(CCN3CCOCC3)C2=O)cc1. The fourth-order valence-electron chi connectivity index (χ4n) is 3.08. The highest BCUT2D eigenvalue weighted by atomic mass is 32.2. The van der Waals surface area contributed by atoms with Gasteiger partial charge in [0.25, 0.3) is 11.8 Å². The van der Waals surface area contributed by atoms with Gasteiger partial charge in [0, 0.05) is 31.9 Å². The molecule has 6 nitrogen and oxygen atoms in total. The number of carbonyl (C=O) groups is 2. The number of carbonyl (C=O) groups excluding carboxylic acids is 2. The van der Waals surface area contributed by atoms with Crippen molar-refractivity contribution in [2.45, 2.75) is 6.92 Å². The van der Waals surface area contributed by atoms with Crippen LogP contribution >= 0.6 is 11.8 Å². The average molecular weight is 376 g/mol. The lowest BCUT2D eigenvalue weighted by Crippen LogP contribution is -2.43. The number of amides is 2. The van der Waals surface area contributed by atoms with Gasteiger partial charge in [0.2, 0.25) is 0 Å². The van der Waals surface area contributed by atoms with Gasteiger partial charge in [0.1, 0.15) is 0 Å². The third kappa shape index (κ3) is 4.17. The zero-order valence-corrected chi connectivity index (χ0v) is 15.8. The molecule has 2 heterocycles. The van der Waals surface area contributed by atoms with E-state index in [0.717, 1.165) is 24.2 Å². The lowest BCUT2D eigenvalue weighted by Gasteiger charge is -2.28. The molecule has 140 valence electrons. The molecule has 7 heteroatoms. The zero-order chi connectivity index (χ0) is 18.5. The smallest absolute Gasteiger partial charge is 0.268 e. The van der Waals surface area contributed by atoms with Crippen LogP contribution in [0.5, 0.6) is 0 Å². The summed E-state index contributed by atoms with van der Waals surface area (Å²) in [7, 11) is 0. The number of thioether (sulfide) groups is 1. The van der Waals surface area contributed by atoms with Crippen molar-refractivity contribution < 1.29 is 19.4 Å². The molecule has 0 radical (unpaired) electrons. The largest absolute Gasteiger partial charge is 0.396 e. The first-order valence-corrected chi connectivity index (χ1v) is 9.81. The molecule has 1 saturated heterocycles. The average Bonchev–Trinajstić information content (AvgIpc) is 2.89. The molecule has 1 aromatic carbocycles. The molecular weight excluding hydrogens is 352 g/mol. The maximum absolute atomic E-state index is 13.0. The van der Waals surface area contributed by atoms with Crippen molar-refractivity contribution in [3.05, 3.63) is 40.3 Å². The van der Waals surface area contributed by atoms with E-state index in [1.54, 1.807) is 0 Å². The number of imide groups is 1. The molecule has 2 aliphatic heterocycles. The van der Waals surface area contributed by atoms with Gasteiger partial charge in [-0.15, -0.1) is 11.8 Å². The van der Waals surface area contributed by atoms with Gasteiger partial charge in [-0.25, -0.2) is 0 Å². The highest BCUT2D eigenvalue weighted by molar-refractivity contribution is 8.04. The predicted molar refractivity (Wildman–Crippen MR) is 102 cm³/mol. The van der Waals surface area contributed by atoms with Gasteiger partial charge in [-0.3, -0.25) is 19.4 Å². The fourth-order valence-corrected chi connectivity index (χ4v) is 3.96. The van der Waals surface area contributed by atoms with Crippen LogP contribution in [-0.2, 0) is 14.3 Å². The van der Waals surface area contributed by atoms with Crippen molar-refractivity contribution in [2.24, 2.45) is 0 Å². The van der Waals surface area contributed by atoms with Crippen LogP contribution in [0.15, 0.2) is 29.2 Å². The Kier molecular flexibility index (Phi) is 6.48. The minimum absolute atomic E-state index is 0.0371. The minimum atomic E-state index is -0.253. The first kappa shape index (κ1) is 19.1. The van der Waals surface area contributed by atoms with Crippen molar-refractivity contribution in [3.8, 4) is 0 Å². The van der Waals surface area contributed by atoms with Gasteiger partial charge in [-0.2, -0.15) is 0 Å². The second-order valence-electron chi connectivity index (χ2n) is 6.36.